The molecule has 2 aliphatic rings. The largest absolute Gasteiger partial charge is 0.290 e. The Kier molecular flexibility index (Phi) is 6.70. The third-order valence-corrected chi connectivity index (χ3v) is 7.05. The minimum atomic E-state index is -0.459. The van der Waals surface area contributed by atoms with Crippen molar-refractivity contribution in [3.63, 3.8) is 0 Å². The van der Waals surface area contributed by atoms with Crippen molar-refractivity contribution in [2.45, 2.75) is 18.5 Å². The summed E-state index contributed by atoms with van der Waals surface area (Å²) in [6.07, 6.45) is 0.170. The van der Waals surface area contributed by atoms with Crippen molar-refractivity contribution in [3.8, 4) is 0 Å². The van der Waals surface area contributed by atoms with Crippen molar-refractivity contribution >= 4 is 40.7 Å². The summed E-state index contributed by atoms with van der Waals surface area (Å²) < 4.78 is 0. The van der Waals surface area contributed by atoms with Gasteiger partial charge in [0.1, 0.15) is 0 Å². The molecule has 2 saturated heterocycles. The van der Waals surface area contributed by atoms with E-state index in [1.165, 1.54) is 16.0 Å². The fourth-order valence-electron chi connectivity index (χ4n) is 5.03. The number of halogens is 2. The Morgan fingerprint density at radius 2 is 1.26 bits per heavy atom. The summed E-state index contributed by atoms with van der Waals surface area (Å²) in [6, 6.07) is 25.5. The standard InChI is InChI=1S/C27H25Cl2N3O2/c28-21-15-22(29)17-23(16-21)32-25(33)18-24(27(32)34)30-11-13-31(14-12-30)26(19-7-3-1-4-8-19)20-9-5-2-6-10-20/h1-10,15-17,24,26H,11-14,18H2/t24-/m0/s1. The molecule has 2 aliphatic heterocycles. The van der Waals surface area contributed by atoms with Gasteiger partial charge in [0.25, 0.3) is 5.91 Å². The number of amides is 2. The first-order valence-corrected chi connectivity index (χ1v) is 12.2. The molecular weight excluding hydrogens is 469 g/mol. The highest BCUT2D eigenvalue weighted by molar-refractivity contribution is 6.35. The van der Waals surface area contributed by atoms with E-state index in [-0.39, 0.29) is 24.3 Å². The van der Waals surface area contributed by atoms with Crippen LogP contribution in [-0.2, 0) is 9.59 Å². The summed E-state index contributed by atoms with van der Waals surface area (Å²) in [5.74, 6) is -0.429. The summed E-state index contributed by atoms with van der Waals surface area (Å²) in [5.41, 5.74) is 2.93. The average molecular weight is 494 g/mol. The van der Waals surface area contributed by atoms with Gasteiger partial charge in [-0.25, -0.2) is 4.90 Å². The Balaban J connectivity index is 1.32. The summed E-state index contributed by atoms with van der Waals surface area (Å²) in [7, 11) is 0. The molecule has 1 atom stereocenters. The molecule has 0 N–H and O–H groups in total. The highest BCUT2D eigenvalue weighted by Gasteiger charge is 2.44. The van der Waals surface area contributed by atoms with Crippen molar-refractivity contribution in [2.24, 2.45) is 0 Å². The number of nitrogens with zero attached hydrogens (tertiary/aromatic N) is 3. The van der Waals surface area contributed by atoms with Crippen molar-refractivity contribution in [2.75, 3.05) is 31.1 Å². The van der Waals surface area contributed by atoms with Crippen LogP contribution in [0.3, 0.4) is 0 Å². The molecule has 5 nitrogen and oxygen atoms in total. The van der Waals surface area contributed by atoms with E-state index in [2.05, 4.69) is 58.3 Å². The second kappa shape index (κ2) is 9.88. The summed E-state index contributed by atoms with van der Waals surface area (Å²) in [6.45, 7) is 3.03. The predicted molar refractivity (Wildman–Crippen MR) is 135 cm³/mol. The van der Waals surface area contributed by atoms with Crippen LogP contribution in [0.2, 0.25) is 10.0 Å². The molecule has 174 valence electrons. The zero-order valence-electron chi connectivity index (χ0n) is 18.6. The Morgan fingerprint density at radius 1 is 0.735 bits per heavy atom. The molecule has 0 unspecified atom stereocenters. The van der Waals surface area contributed by atoms with Crippen LogP contribution in [0.25, 0.3) is 0 Å². The van der Waals surface area contributed by atoms with Gasteiger partial charge < -0.3 is 0 Å². The van der Waals surface area contributed by atoms with Gasteiger partial charge in [0, 0.05) is 36.2 Å². The van der Waals surface area contributed by atoms with E-state index < -0.39 is 6.04 Å². The Labute approximate surface area is 209 Å². The fourth-order valence-corrected chi connectivity index (χ4v) is 5.55. The lowest BCUT2D eigenvalue weighted by atomic mass is 9.96. The summed E-state index contributed by atoms with van der Waals surface area (Å²) >= 11 is 12.2. The molecule has 0 spiro atoms. The lowest BCUT2D eigenvalue weighted by Crippen LogP contribution is -2.53. The smallest absolute Gasteiger partial charge is 0.251 e. The summed E-state index contributed by atoms with van der Waals surface area (Å²) in [5, 5.41) is 0.793. The SMILES string of the molecule is O=C1C[C@H](N2CCN(C(c3ccccc3)c3ccccc3)CC2)C(=O)N1c1cc(Cl)cc(Cl)c1. The van der Waals surface area contributed by atoms with Crippen LogP contribution in [0.1, 0.15) is 23.6 Å². The average Bonchev–Trinajstić information content (AvgIpc) is 3.14. The van der Waals surface area contributed by atoms with Crippen LogP contribution in [0.4, 0.5) is 5.69 Å². The van der Waals surface area contributed by atoms with E-state index in [0.29, 0.717) is 28.8 Å². The highest BCUT2D eigenvalue weighted by Crippen LogP contribution is 2.33. The normalized spacial score (nSPS) is 19.9. The monoisotopic (exact) mass is 493 g/mol. The number of benzene rings is 3. The van der Waals surface area contributed by atoms with E-state index >= 15 is 0 Å². The molecule has 0 aliphatic carbocycles. The van der Waals surface area contributed by atoms with Crippen LogP contribution >= 0.6 is 23.2 Å². The van der Waals surface area contributed by atoms with Gasteiger partial charge in [0.05, 0.1) is 24.2 Å². The molecule has 0 saturated carbocycles. The van der Waals surface area contributed by atoms with E-state index in [1.807, 2.05) is 12.1 Å². The van der Waals surface area contributed by atoms with Crippen molar-refractivity contribution < 1.29 is 9.59 Å². The molecule has 2 amide bonds. The van der Waals surface area contributed by atoms with Crippen molar-refractivity contribution in [3.05, 3.63) is 100 Å². The van der Waals surface area contributed by atoms with Crippen molar-refractivity contribution in [1.82, 2.24) is 9.80 Å². The summed E-state index contributed by atoms with van der Waals surface area (Å²) in [4.78, 5) is 31.9. The van der Waals surface area contributed by atoms with Crippen LogP contribution in [-0.4, -0.2) is 53.8 Å². The fraction of sp³-hybridized carbons (Fsp3) is 0.259. The maximum Gasteiger partial charge on any atom is 0.251 e. The third-order valence-electron chi connectivity index (χ3n) is 6.61. The number of imide groups is 1. The van der Waals surface area contributed by atoms with Crippen LogP contribution in [0.5, 0.6) is 0 Å². The van der Waals surface area contributed by atoms with Gasteiger partial charge >= 0.3 is 0 Å². The van der Waals surface area contributed by atoms with Crippen LogP contribution < -0.4 is 4.90 Å². The zero-order valence-corrected chi connectivity index (χ0v) is 20.1. The van der Waals surface area contributed by atoms with E-state index in [4.69, 9.17) is 23.2 Å². The minimum Gasteiger partial charge on any atom is -0.290 e. The second-order valence-corrected chi connectivity index (χ2v) is 9.58. The van der Waals surface area contributed by atoms with Gasteiger partial charge in [-0.2, -0.15) is 0 Å². The third kappa shape index (κ3) is 4.62. The number of anilines is 1. The lowest BCUT2D eigenvalue weighted by molar-refractivity contribution is -0.123. The van der Waals surface area contributed by atoms with Crippen LogP contribution in [0.15, 0.2) is 78.9 Å². The topological polar surface area (TPSA) is 43.9 Å². The lowest BCUT2D eigenvalue weighted by Gasteiger charge is -2.41. The molecule has 2 fully saturated rings. The van der Waals surface area contributed by atoms with Crippen LogP contribution in [0, 0.1) is 0 Å². The molecule has 0 radical (unpaired) electrons. The molecule has 3 aromatic carbocycles. The van der Waals surface area contributed by atoms with Gasteiger partial charge in [0.2, 0.25) is 5.91 Å². The van der Waals surface area contributed by atoms with Gasteiger partial charge in [-0.3, -0.25) is 19.4 Å². The number of carbonyl (C=O) groups is 2. The maximum absolute atomic E-state index is 13.3. The second-order valence-electron chi connectivity index (χ2n) is 8.71. The molecule has 7 heteroatoms. The minimum absolute atomic E-state index is 0.149. The molecule has 2 heterocycles. The predicted octanol–water partition coefficient (Wildman–Crippen LogP) is 5.03. The number of carbonyl (C=O) groups excluding carboxylic acids is 2. The molecule has 3 aromatic rings. The Morgan fingerprint density at radius 3 is 1.79 bits per heavy atom. The Hall–Kier alpha value is -2.70. The van der Waals surface area contributed by atoms with E-state index in [9.17, 15) is 9.59 Å². The molecular formula is C27H25Cl2N3O2. The molecule has 0 bridgehead atoms. The van der Waals surface area contributed by atoms with Gasteiger partial charge in [-0.15, -0.1) is 0 Å². The first kappa shape index (κ1) is 23.1. The van der Waals surface area contributed by atoms with E-state index in [1.54, 1.807) is 18.2 Å². The number of hydrogen-bond acceptors (Lipinski definition) is 4. The molecule has 0 aromatic heterocycles. The maximum atomic E-state index is 13.3. The first-order valence-electron chi connectivity index (χ1n) is 11.4. The quantitative estimate of drug-likeness (QED) is 0.467. The highest BCUT2D eigenvalue weighted by atomic mass is 35.5. The van der Waals surface area contributed by atoms with Gasteiger partial charge in [0.15, 0.2) is 0 Å². The number of hydrogen-bond donors (Lipinski definition) is 0. The van der Waals surface area contributed by atoms with E-state index in [0.717, 1.165) is 13.1 Å². The first-order chi connectivity index (χ1) is 16.5. The van der Waals surface area contributed by atoms with Gasteiger partial charge in [-0.1, -0.05) is 83.9 Å². The van der Waals surface area contributed by atoms with Crippen molar-refractivity contribution in [1.29, 1.82) is 0 Å². The molecule has 5 rings (SSSR count). The number of rotatable bonds is 5. The Bertz CT molecular complexity index is 1120. The molecule has 34 heavy (non-hydrogen) atoms. The zero-order chi connectivity index (χ0) is 23.7. The van der Waals surface area contributed by atoms with Gasteiger partial charge in [-0.05, 0) is 29.3 Å². The number of piperazine rings is 1.